The van der Waals surface area contributed by atoms with E-state index in [0.717, 1.165) is 16.0 Å². The summed E-state index contributed by atoms with van der Waals surface area (Å²) in [6, 6.07) is 15.7. The van der Waals surface area contributed by atoms with Crippen molar-refractivity contribution in [2.75, 3.05) is 13.2 Å². The van der Waals surface area contributed by atoms with Gasteiger partial charge < -0.3 is 25.4 Å². The van der Waals surface area contributed by atoms with E-state index in [2.05, 4.69) is 21.2 Å². The molecule has 0 bridgehead atoms. The van der Waals surface area contributed by atoms with Crippen LogP contribution < -0.4 is 20.5 Å². The van der Waals surface area contributed by atoms with Gasteiger partial charge in [0.05, 0.1) is 18.6 Å². The van der Waals surface area contributed by atoms with E-state index in [9.17, 15) is 9.59 Å². The van der Waals surface area contributed by atoms with Gasteiger partial charge in [-0.1, -0.05) is 60.1 Å². The molecule has 4 atom stereocenters. The van der Waals surface area contributed by atoms with Crippen molar-refractivity contribution in [3.8, 4) is 11.5 Å². The number of amides is 2. The quantitative estimate of drug-likeness (QED) is 0.443. The molecule has 2 amide bonds. The molecule has 1 aliphatic rings. The normalized spacial score (nSPS) is 19.5. The van der Waals surface area contributed by atoms with Crippen LogP contribution >= 0.6 is 15.9 Å². The van der Waals surface area contributed by atoms with Crippen LogP contribution in [0.5, 0.6) is 11.5 Å². The molecule has 35 heavy (non-hydrogen) atoms. The molecule has 0 spiro atoms. The Kier molecular flexibility index (Phi) is 9.74. The van der Waals surface area contributed by atoms with Crippen molar-refractivity contribution in [2.45, 2.75) is 51.4 Å². The van der Waals surface area contributed by atoms with Crippen molar-refractivity contribution in [3.05, 3.63) is 71.2 Å². The Morgan fingerprint density at radius 3 is 2.51 bits per heavy atom. The number of nitrogens with two attached hydrogens (primary N) is 1. The Hall–Kier alpha value is -2.84. The number of halogens is 1. The van der Waals surface area contributed by atoms with Gasteiger partial charge in [0.15, 0.2) is 0 Å². The summed E-state index contributed by atoms with van der Waals surface area (Å²) in [5, 5.41) is 2.82. The van der Waals surface area contributed by atoms with Crippen LogP contribution in [0.4, 0.5) is 0 Å². The number of para-hydroxylation sites is 1. The van der Waals surface area contributed by atoms with Crippen molar-refractivity contribution >= 4 is 27.7 Å². The zero-order chi connectivity index (χ0) is 25.4. The Balaban J connectivity index is 1.73. The summed E-state index contributed by atoms with van der Waals surface area (Å²) in [6.45, 7) is 6.22. The first kappa shape index (κ1) is 26.8. The minimum atomic E-state index is -0.692. The standard InChI is InChI=1S/C27H34BrN3O4/c1-18(2)25(30-26(32)19(3)29)27(33)31-17-24(35-22-11-5-4-6-12-22)16-21(31)10-8-14-34-23-13-7-9-20(28)15-23/h4-13,15,18-19,21,24-25H,14,16-17,29H2,1-3H3,(H,30,32)/b10-8+/t19-,21+,24-,25-/m0/s1. The molecule has 3 N–H and O–H groups in total. The fraction of sp³-hybridized carbons (Fsp3) is 0.407. The highest BCUT2D eigenvalue weighted by atomic mass is 79.9. The predicted molar refractivity (Wildman–Crippen MR) is 140 cm³/mol. The maximum atomic E-state index is 13.6. The highest BCUT2D eigenvalue weighted by Crippen LogP contribution is 2.26. The molecule has 2 aromatic carbocycles. The Morgan fingerprint density at radius 1 is 1.14 bits per heavy atom. The number of likely N-dealkylation sites (tertiary alicyclic amines) is 1. The van der Waals surface area contributed by atoms with Crippen LogP contribution in [0, 0.1) is 5.92 Å². The first-order valence-corrected chi connectivity index (χ1v) is 12.7. The summed E-state index contributed by atoms with van der Waals surface area (Å²) < 4.78 is 12.9. The van der Waals surface area contributed by atoms with E-state index >= 15 is 0 Å². The van der Waals surface area contributed by atoms with Gasteiger partial charge >= 0.3 is 0 Å². The van der Waals surface area contributed by atoms with E-state index in [0.29, 0.717) is 19.6 Å². The van der Waals surface area contributed by atoms with Crippen molar-refractivity contribution < 1.29 is 19.1 Å². The predicted octanol–water partition coefficient (Wildman–Crippen LogP) is 3.92. The van der Waals surface area contributed by atoms with Crippen LogP contribution in [0.1, 0.15) is 27.2 Å². The van der Waals surface area contributed by atoms with E-state index in [-0.39, 0.29) is 29.9 Å². The molecule has 0 unspecified atom stereocenters. The summed E-state index contributed by atoms with van der Waals surface area (Å²) in [5.74, 6) is 0.938. The SMILES string of the molecule is CC(C)[C@H](NC(=O)[C@H](C)N)C(=O)N1C[C@@H](Oc2ccccc2)C[C@H]1/C=C/COc1cccc(Br)c1. The zero-order valence-corrected chi connectivity index (χ0v) is 22.0. The number of carbonyl (C=O) groups is 2. The molecular weight excluding hydrogens is 510 g/mol. The van der Waals surface area contributed by atoms with E-state index in [1.807, 2.05) is 80.6 Å². The van der Waals surface area contributed by atoms with Crippen molar-refractivity contribution in [2.24, 2.45) is 11.7 Å². The molecule has 0 aliphatic carbocycles. The second-order valence-electron chi connectivity index (χ2n) is 9.06. The van der Waals surface area contributed by atoms with Gasteiger partial charge in [0.2, 0.25) is 11.8 Å². The van der Waals surface area contributed by atoms with Crippen molar-refractivity contribution in [3.63, 3.8) is 0 Å². The highest BCUT2D eigenvalue weighted by molar-refractivity contribution is 9.10. The van der Waals surface area contributed by atoms with Gasteiger partial charge in [-0.25, -0.2) is 0 Å². The van der Waals surface area contributed by atoms with Crippen LogP contribution in [0.15, 0.2) is 71.2 Å². The van der Waals surface area contributed by atoms with Gasteiger partial charge in [-0.2, -0.15) is 0 Å². The lowest BCUT2D eigenvalue weighted by atomic mass is 10.0. The fourth-order valence-corrected chi connectivity index (χ4v) is 4.31. The van der Waals surface area contributed by atoms with Gasteiger partial charge in [-0.05, 0) is 49.2 Å². The molecular formula is C27H34BrN3O4. The third kappa shape index (κ3) is 7.83. The first-order chi connectivity index (χ1) is 16.7. The van der Waals surface area contributed by atoms with E-state index in [1.54, 1.807) is 11.8 Å². The van der Waals surface area contributed by atoms with Crippen molar-refractivity contribution in [1.29, 1.82) is 0 Å². The highest BCUT2D eigenvalue weighted by Gasteiger charge is 2.39. The van der Waals surface area contributed by atoms with E-state index in [1.165, 1.54) is 0 Å². The maximum absolute atomic E-state index is 13.6. The molecule has 0 aromatic heterocycles. The topological polar surface area (TPSA) is 93.9 Å². The summed E-state index contributed by atoms with van der Waals surface area (Å²) in [5.41, 5.74) is 5.73. The Morgan fingerprint density at radius 2 is 1.86 bits per heavy atom. The number of hydrogen-bond donors (Lipinski definition) is 2. The lowest BCUT2D eigenvalue weighted by Gasteiger charge is -2.30. The van der Waals surface area contributed by atoms with Gasteiger partial charge in [0, 0.05) is 10.9 Å². The molecule has 1 heterocycles. The van der Waals surface area contributed by atoms with Crippen LogP contribution in [0.2, 0.25) is 0 Å². The molecule has 3 rings (SSSR count). The van der Waals surface area contributed by atoms with Crippen LogP contribution in [-0.4, -0.2) is 54.1 Å². The number of carbonyl (C=O) groups excluding carboxylic acids is 2. The summed E-state index contributed by atoms with van der Waals surface area (Å²) in [7, 11) is 0. The number of hydrogen-bond acceptors (Lipinski definition) is 5. The summed E-state index contributed by atoms with van der Waals surface area (Å²) >= 11 is 3.44. The van der Waals surface area contributed by atoms with Crippen molar-refractivity contribution in [1.82, 2.24) is 10.2 Å². The summed E-state index contributed by atoms with van der Waals surface area (Å²) in [6.07, 6.45) is 4.37. The Labute approximate surface area is 215 Å². The molecule has 7 nitrogen and oxygen atoms in total. The number of benzene rings is 2. The van der Waals surface area contributed by atoms with Crippen LogP contribution in [0.25, 0.3) is 0 Å². The van der Waals surface area contributed by atoms with Gasteiger partial charge in [0.1, 0.15) is 30.3 Å². The van der Waals surface area contributed by atoms with E-state index in [4.69, 9.17) is 15.2 Å². The number of rotatable bonds is 10. The van der Waals surface area contributed by atoms with Gasteiger partial charge in [-0.3, -0.25) is 9.59 Å². The van der Waals surface area contributed by atoms with Gasteiger partial charge in [-0.15, -0.1) is 0 Å². The number of nitrogens with one attached hydrogen (secondary N) is 1. The first-order valence-electron chi connectivity index (χ1n) is 11.9. The molecule has 2 aromatic rings. The third-order valence-electron chi connectivity index (χ3n) is 5.78. The smallest absolute Gasteiger partial charge is 0.246 e. The second kappa shape index (κ2) is 12.7. The molecule has 1 aliphatic heterocycles. The second-order valence-corrected chi connectivity index (χ2v) is 9.98. The fourth-order valence-electron chi connectivity index (χ4n) is 3.93. The van der Waals surface area contributed by atoms with Crippen LogP contribution in [0.3, 0.4) is 0 Å². The molecule has 0 radical (unpaired) electrons. The average Bonchev–Trinajstić information content (AvgIpc) is 3.22. The largest absolute Gasteiger partial charge is 0.490 e. The molecule has 8 heteroatoms. The number of ether oxygens (including phenoxy) is 2. The third-order valence-corrected chi connectivity index (χ3v) is 6.27. The van der Waals surface area contributed by atoms with Gasteiger partial charge in [0.25, 0.3) is 0 Å². The summed E-state index contributed by atoms with van der Waals surface area (Å²) in [4.78, 5) is 27.6. The van der Waals surface area contributed by atoms with Crippen LogP contribution in [-0.2, 0) is 9.59 Å². The average molecular weight is 544 g/mol. The molecule has 0 saturated carbocycles. The minimum Gasteiger partial charge on any atom is -0.490 e. The Bertz CT molecular complexity index is 1010. The zero-order valence-electron chi connectivity index (χ0n) is 20.4. The minimum absolute atomic E-state index is 0.0937. The number of nitrogens with zero attached hydrogens (tertiary/aromatic N) is 1. The molecule has 1 saturated heterocycles. The lowest BCUT2D eigenvalue weighted by molar-refractivity contribution is -0.138. The van der Waals surface area contributed by atoms with E-state index < -0.39 is 12.1 Å². The molecule has 188 valence electrons. The lowest BCUT2D eigenvalue weighted by Crippen LogP contribution is -2.55. The monoisotopic (exact) mass is 543 g/mol. The maximum Gasteiger partial charge on any atom is 0.246 e. The molecule has 1 fully saturated rings.